The standard InChI is InChI=1S/C5H8N2S.CH6BOP/c1-2-6-5-3-8-4-7-5;1-2(3)4/h3-4,6H,2H2,1H3;3H,4H2,1H3. The zero-order chi connectivity index (χ0) is 9.40. The predicted molar refractivity (Wildman–Crippen MR) is 59.8 cm³/mol. The first-order chi connectivity index (χ1) is 5.66. The summed E-state index contributed by atoms with van der Waals surface area (Å²) in [7, 11) is 2.21. The lowest BCUT2D eigenvalue weighted by Gasteiger charge is -1.92. The molecule has 2 N–H and O–H groups in total. The number of hydrogen-bond acceptors (Lipinski definition) is 4. The summed E-state index contributed by atoms with van der Waals surface area (Å²) in [5.74, 6) is 0.984. The molecule has 0 bridgehead atoms. The van der Waals surface area contributed by atoms with Gasteiger partial charge in [-0.25, -0.2) is 4.98 Å². The van der Waals surface area contributed by atoms with Crippen molar-refractivity contribution in [3.8, 4) is 0 Å². The van der Waals surface area contributed by atoms with E-state index in [1.807, 2.05) is 10.9 Å². The molecule has 0 aromatic carbocycles. The van der Waals surface area contributed by atoms with Gasteiger partial charge in [0.15, 0.2) is 0 Å². The minimum absolute atomic E-state index is 0.250. The molecule has 0 saturated heterocycles. The molecule has 0 aliphatic rings. The second-order valence-electron chi connectivity index (χ2n) is 2.14. The lowest BCUT2D eigenvalue weighted by Crippen LogP contribution is -1.94. The molecule has 1 heterocycles. The van der Waals surface area contributed by atoms with Gasteiger partial charge in [-0.1, -0.05) is 6.82 Å². The molecule has 1 atom stereocenters. The van der Waals surface area contributed by atoms with Crippen LogP contribution in [0.1, 0.15) is 6.92 Å². The first kappa shape index (κ1) is 11.9. The van der Waals surface area contributed by atoms with Gasteiger partial charge < -0.3 is 10.3 Å². The Balaban J connectivity index is 0.000000261. The maximum absolute atomic E-state index is 8.02. The maximum Gasteiger partial charge on any atom is 0.308 e. The molecule has 0 spiro atoms. The van der Waals surface area contributed by atoms with E-state index in [9.17, 15) is 0 Å². The molecular formula is C6H14BN2OPS. The monoisotopic (exact) mass is 204 g/mol. The average molecular weight is 204 g/mol. The van der Waals surface area contributed by atoms with Gasteiger partial charge in [0.25, 0.3) is 0 Å². The van der Waals surface area contributed by atoms with Gasteiger partial charge in [-0.3, -0.25) is 0 Å². The van der Waals surface area contributed by atoms with Gasteiger partial charge in [0.05, 0.1) is 5.51 Å². The van der Waals surface area contributed by atoms with Crippen molar-refractivity contribution < 1.29 is 5.02 Å². The molecule has 0 aliphatic carbocycles. The highest BCUT2D eigenvalue weighted by molar-refractivity contribution is 7.59. The first-order valence-corrected chi connectivity index (χ1v) is 5.33. The number of nitrogens with one attached hydrogen (secondary N) is 1. The lowest BCUT2D eigenvalue weighted by molar-refractivity contribution is 0.603. The lowest BCUT2D eigenvalue weighted by atomic mass is 10.1. The molecule has 0 saturated carbocycles. The van der Waals surface area contributed by atoms with Crippen LogP contribution in [0, 0.1) is 0 Å². The second-order valence-corrected chi connectivity index (χ2v) is 3.83. The fraction of sp³-hybridized carbons (Fsp3) is 0.500. The van der Waals surface area contributed by atoms with Crippen molar-refractivity contribution >= 4 is 32.9 Å². The Labute approximate surface area is 79.9 Å². The first-order valence-electron chi connectivity index (χ1n) is 3.72. The summed E-state index contributed by atoms with van der Waals surface area (Å²) in [6.07, 6.45) is 0. The Bertz CT molecular complexity index is 181. The van der Waals surface area contributed by atoms with E-state index in [0.717, 1.165) is 12.4 Å². The Kier molecular flexibility index (Phi) is 7.46. The van der Waals surface area contributed by atoms with Gasteiger partial charge in [0.2, 0.25) is 0 Å². The minimum atomic E-state index is -0.250. The molecule has 0 fully saturated rings. The van der Waals surface area contributed by atoms with Crippen molar-refractivity contribution in [3.63, 3.8) is 0 Å². The zero-order valence-corrected chi connectivity index (χ0v) is 9.29. The summed E-state index contributed by atoms with van der Waals surface area (Å²) in [4.78, 5) is 4.01. The van der Waals surface area contributed by atoms with Crippen molar-refractivity contribution in [1.29, 1.82) is 0 Å². The predicted octanol–water partition coefficient (Wildman–Crippen LogP) is 1.55. The summed E-state index contributed by atoms with van der Waals surface area (Å²) in [5.41, 5.74) is 1.82. The molecule has 0 amide bonds. The van der Waals surface area contributed by atoms with E-state index in [2.05, 4.69) is 26.3 Å². The summed E-state index contributed by atoms with van der Waals surface area (Å²) in [6, 6.07) is 0. The smallest absolute Gasteiger partial charge is 0.308 e. The fourth-order valence-electron chi connectivity index (χ4n) is 0.481. The summed E-state index contributed by atoms with van der Waals surface area (Å²) in [6.45, 7) is 4.44. The van der Waals surface area contributed by atoms with Crippen LogP contribution in [0.25, 0.3) is 0 Å². The van der Waals surface area contributed by atoms with E-state index in [-0.39, 0.29) is 6.64 Å². The number of hydrogen-bond donors (Lipinski definition) is 2. The zero-order valence-electron chi connectivity index (χ0n) is 7.32. The molecule has 6 heteroatoms. The number of nitrogens with zero attached hydrogens (tertiary/aromatic N) is 1. The molecule has 1 aromatic heterocycles. The highest BCUT2D eigenvalue weighted by Gasteiger charge is 1.85. The Morgan fingerprint density at radius 1 is 1.83 bits per heavy atom. The Morgan fingerprint density at radius 2 is 2.42 bits per heavy atom. The van der Waals surface area contributed by atoms with Gasteiger partial charge in [-0.15, -0.1) is 20.5 Å². The van der Waals surface area contributed by atoms with E-state index in [1.54, 1.807) is 18.2 Å². The molecule has 0 aliphatic heterocycles. The van der Waals surface area contributed by atoms with E-state index in [4.69, 9.17) is 5.02 Å². The largest absolute Gasteiger partial charge is 0.447 e. The number of rotatable bonds is 2. The van der Waals surface area contributed by atoms with Gasteiger partial charge in [-0.05, 0) is 6.92 Å². The van der Waals surface area contributed by atoms with E-state index < -0.39 is 0 Å². The molecule has 12 heavy (non-hydrogen) atoms. The second kappa shape index (κ2) is 7.53. The fourth-order valence-corrected chi connectivity index (χ4v) is 0.989. The van der Waals surface area contributed by atoms with Crippen molar-refractivity contribution in [2.45, 2.75) is 13.7 Å². The molecule has 1 unspecified atom stereocenters. The van der Waals surface area contributed by atoms with Gasteiger partial charge >= 0.3 is 6.64 Å². The minimum Gasteiger partial charge on any atom is -0.447 e. The molecule has 68 valence electrons. The van der Waals surface area contributed by atoms with Crippen LogP contribution in [0.5, 0.6) is 0 Å². The highest BCUT2D eigenvalue weighted by atomic mass is 32.1. The summed E-state index contributed by atoms with van der Waals surface area (Å²) >= 11 is 1.61. The third-order valence-corrected chi connectivity index (χ3v) is 1.38. The van der Waals surface area contributed by atoms with Crippen LogP contribution in [0.4, 0.5) is 5.82 Å². The van der Waals surface area contributed by atoms with E-state index in [1.165, 1.54) is 0 Å². The molecular weight excluding hydrogens is 190 g/mol. The molecule has 1 rings (SSSR count). The quantitative estimate of drug-likeness (QED) is 0.567. The number of anilines is 1. The summed E-state index contributed by atoms with van der Waals surface area (Å²) in [5, 5.41) is 13.1. The van der Waals surface area contributed by atoms with E-state index in [0.29, 0.717) is 0 Å². The summed E-state index contributed by atoms with van der Waals surface area (Å²) < 4.78 is 0. The van der Waals surface area contributed by atoms with Gasteiger partial charge in [0, 0.05) is 11.9 Å². The van der Waals surface area contributed by atoms with Crippen LogP contribution in [-0.2, 0) is 0 Å². The average Bonchev–Trinajstić information content (AvgIpc) is 2.39. The van der Waals surface area contributed by atoms with Crippen LogP contribution in [-0.4, -0.2) is 23.2 Å². The highest BCUT2D eigenvalue weighted by Crippen LogP contribution is 2.04. The molecule has 1 aromatic rings. The van der Waals surface area contributed by atoms with Crippen molar-refractivity contribution in [1.82, 2.24) is 4.98 Å². The van der Waals surface area contributed by atoms with Crippen LogP contribution in [0.15, 0.2) is 10.9 Å². The van der Waals surface area contributed by atoms with Crippen molar-refractivity contribution in [3.05, 3.63) is 10.9 Å². The number of thiazole rings is 1. The maximum atomic E-state index is 8.02. The van der Waals surface area contributed by atoms with E-state index >= 15 is 0 Å². The van der Waals surface area contributed by atoms with Crippen molar-refractivity contribution in [2.75, 3.05) is 11.9 Å². The van der Waals surface area contributed by atoms with Gasteiger partial charge in [-0.2, -0.15) is 0 Å². The van der Waals surface area contributed by atoms with Crippen molar-refractivity contribution in [2.24, 2.45) is 0 Å². The van der Waals surface area contributed by atoms with Crippen LogP contribution >= 0.6 is 20.5 Å². The van der Waals surface area contributed by atoms with Crippen LogP contribution in [0.3, 0.4) is 0 Å². The Morgan fingerprint density at radius 3 is 2.75 bits per heavy atom. The van der Waals surface area contributed by atoms with Gasteiger partial charge in [0.1, 0.15) is 5.82 Å². The topological polar surface area (TPSA) is 45.1 Å². The SMILES string of the molecule is CB(O)P.CCNc1cscn1. The van der Waals surface area contributed by atoms with Crippen LogP contribution < -0.4 is 5.32 Å². The normalized spacial score (nSPS) is 8.33. The third-order valence-electron chi connectivity index (χ3n) is 0.790. The molecule has 0 radical (unpaired) electrons. The number of aromatic nitrogens is 1. The molecule has 3 nitrogen and oxygen atoms in total. The van der Waals surface area contributed by atoms with Crippen LogP contribution in [0.2, 0.25) is 6.82 Å². The Hall–Kier alpha value is -0.115. The third kappa shape index (κ3) is 7.99.